The fourth-order valence-electron chi connectivity index (χ4n) is 7.85. The predicted octanol–water partition coefficient (Wildman–Crippen LogP) is 6.83. The number of aromatic hydroxyl groups is 2. The second-order valence-electron chi connectivity index (χ2n) is 12.8. The van der Waals surface area contributed by atoms with Crippen molar-refractivity contribution in [2.75, 3.05) is 20.2 Å². The summed E-state index contributed by atoms with van der Waals surface area (Å²) >= 11 is 0. The maximum Gasteiger partial charge on any atom is 0.261 e. The summed E-state index contributed by atoms with van der Waals surface area (Å²) in [5.74, 6) is -0.798. The molecule has 0 unspecified atom stereocenters. The van der Waals surface area contributed by atoms with Crippen LogP contribution in [0.4, 0.5) is 0 Å². The molecule has 0 saturated heterocycles. The molecule has 7 aromatic rings. The number of carbonyl (C=O) groups is 4. The number of ether oxygens (including phenoxy) is 1. The van der Waals surface area contributed by atoms with Crippen molar-refractivity contribution < 1.29 is 34.1 Å². The lowest BCUT2D eigenvalue weighted by Crippen LogP contribution is -2.41. The number of phenols is 2. The zero-order chi connectivity index (χ0) is 34.4. The van der Waals surface area contributed by atoms with Gasteiger partial charge in [-0.05, 0) is 98.8 Å². The summed E-state index contributed by atoms with van der Waals surface area (Å²) in [6, 6.07) is 26.1. The lowest BCUT2D eigenvalue weighted by molar-refractivity contribution is 0.0597. The van der Waals surface area contributed by atoms with E-state index in [-0.39, 0.29) is 48.2 Å². The number of phenolic OH excluding ortho intramolecular Hbond substituents is 2. The summed E-state index contributed by atoms with van der Waals surface area (Å²) in [5.41, 5.74) is 3.42. The van der Waals surface area contributed by atoms with Gasteiger partial charge in [-0.3, -0.25) is 29.0 Å². The van der Waals surface area contributed by atoms with E-state index < -0.39 is 0 Å². The highest BCUT2D eigenvalue weighted by molar-refractivity contribution is 6.41. The third-order valence-electron chi connectivity index (χ3n) is 10.2. The minimum Gasteiger partial charge on any atom is -0.508 e. The Morgan fingerprint density at radius 2 is 0.920 bits per heavy atom. The van der Waals surface area contributed by atoms with Gasteiger partial charge in [-0.1, -0.05) is 42.5 Å². The largest absolute Gasteiger partial charge is 0.508 e. The molecule has 0 saturated carbocycles. The highest BCUT2D eigenvalue weighted by Crippen LogP contribution is 2.46. The van der Waals surface area contributed by atoms with Crippen LogP contribution < -0.4 is 4.74 Å². The zero-order valence-electron chi connectivity index (χ0n) is 26.8. The Labute approximate surface area is 284 Å². The Bertz CT molecular complexity index is 2520. The fraction of sp³-hybridized carbons (Fsp3) is 0.122. The van der Waals surface area contributed by atoms with Gasteiger partial charge in [0.1, 0.15) is 17.2 Å². The molecule has 0 aromatic heterocycles. The van der Waals surface area contributed by atoms with E-state index >= 15 is 0 Å². The summed E-state index contributed by atoms with van der Waals surface area (Å²) in [6.07, 6.45) is 0.799. The van der Waals surface area contributed by atoms with Crippen LogP contribution in [-0.4, -0.2) is 63.8 Å². The molecule has 2 N–H and O–H groups in total. The molecule has 9 nitrogen and oxygen atoms in total. The first-order chi connectivity index (χ1) is 24.2. The maximum atomic E-state index is 13.9. The van der Waals surface area contributed by atoms with E-state index in [1.807, 2.05) is 24.3 Å². The van der Waals surface area contributed by atoms with Gasteiger partial charge in [0.15, 0.2) is 0 Å². The molecule has 0 radical (unpaired) electrons. The molecule has 0 aliphatic carbocycles. The number of hydrogen-bond donors (Lipinski definition) is 2. The first-order valence-electron chi connectivity index (χ1n) is 16.3. The van der Waals surface area contributed by atoms with Crippen molar-refractivity contribution in [2.45, 2.75) is 12.8 Å². The Morgan fingerprint density at radius 1 is 0.500 bits per heavy atom. The molecular weight excluding hydrogens is 632 g/mol. The van der Waals surface area contributed by atoms with Crippen LogP contribution >= 0.6 is 0 Å². The average Bonchev–Trinajstić information content (AvgIpc) is 3.13. The minimum absolute atomic E-state index is 0.0633. The lowest BCUT2D eigenvalue weighted by Gasteiger charge is -2.30. The Kier molecular flexibility index (Phi) is 6.38. The van der Waals surface area contributed by atoms with Gasteiger partial charge >= 0.3 is 0 Å². The van der Waals surface area contributed by atoms with Crippen molar-refractivity contribution >= 4 is 66.7 Å². The smallest absolute Gasteiger partial charge is 0.261 e. The van der Waals surface area contributed by atoms with Gasteiger partial charge in [0, 0.05) is 52.2 Å². The van der Waals surface area contributed by atoms with Crippen molar-refractivity contribution in [1.29, 1.82) is 0 Å². The summed E-state index contributed by atoms with van der Waals surface area (Å²) in [4.78, 5) is 58.2. The molecule has 0 bridgehead atoms. The van der Waals surface area contributed by atoms with E-state index in [1.54, 1.807) is 60.7 Å². The van der Waals surface area contributed by atoms with Crippen molar-refractivity contribution in [3.63, 3.8) is 0 Å². The van der Waals surface area contributed by atoms with Crippen LogP contribution in [0, 0.1) is 0 Å². The monoisotopic (exact) mass is 660 g/mol. The number of methoxy groups -OCH3 is 1. The van der Waals surface area contributed by atoms with Gasteiger partial charge in [-0.25, -0.2) is 0 Å². The van der Waals surface area contributed by atoms with Crippen LogP contribution in [0.2, 0.25) is 0 Å². The van der Waals surface area contributed by atoms with Gasteiger partial charge in [0.05, 0.1) is 7.11 Å². The van der Waals surface area contributed by atoms with Gasteiger partial charge in [-0.15, -0.1) is 0 Å². The Balaban J connectivity index is 1.14. The number of amides is 4. The Morgan fingerprint density at radius 3 is 1.36 bits per heavy atom. The van der Waals surface area contributed by atoms with Gasteiger partial charge in [0.2, 0.25) is 0 Å². The molecule has 244 valence electrons. The normalized spacial score (nSPS) is 14.3. The fourth-order valence-corrected chi connectivity index (χ4v) is 7.85. The van der Waals surface area contributed by atoms with E-state index in [0.717, 1.165) is 43.4 Å². The number of carbonyl (C=O) groups excluding carboxylic acids is 4. The quantitative estimate of drug-likeness (QED) is 0.109. The summed E-state index contributed by atoms with van der Waals surface area (Å²) < 4.78 is 5.40. The van der Waals surface area contributed by atoms with E-state index in [4.69, 9.17) is 4.74 Å². The standard InChI is InChI=1S/C41H28N2O7/c1-50-33-20-24(45)7-4-22(33)17-19-43-40(48)31-14-10-27-25-8-12-29-36-30(39(47)42(38(29)46)18-16-21-2-5-23(44)6-3-21)13-9-26(34(25)36)28-11-15-32(41(43)49)37(31)35(27)28/h2-15,20,44-45H,16-19H2,1H3. The van der Waals surface area contributed by atoms with Crippen molar-refractivity contribution in [3.8, 4) is 17.2 Å². The first-order valence-corrected chi connectivity index (χ1v) is 16.3. The van der Waals surface area contributed by atoms with Crippen molar-refractivity contribution in [2.24, 2.45) is 0 Å². The number of nitrogens with zero attached hydrogens (tertiary/aromatic N) is 2. The number of rotatable bonds is 7. The van der Waals surface area contributed by atoms with Crippen LogP contribution in [0.3, 0.4) is 0 Å². The Hall–Kier alpha value is -6.48. The highest BCUT2D eigenvalue weighted by Gasteiger charge is 2.36. The van der Waals surface area contributed by atoms with Gasteiger partial charge in [-0.2, -0.15) is 0 Å². The minimum atomic E-state index is -0.386. The van der Waals surface area contributed by atoms with E-state index in [2.05, 4.69) is 0 Å². The third-order valence-corrected chi connectivity index (χ3v) is 10.2. The molecule has 0 spiro atoms. The summed E-state index contributed by atoms with van der Waals surface area (Å²) in [7, 11) is 1.50. The topological polar surface area (TPSA) is 124 Å². The molecular formula is C41H28N2O7. The van der Waals surface area contributed by atoms with Crippen molar-refractivity contribution in [1.82, 2.24) is 9.80 Å². The molecule has 9 heteroatoms. The first kappa shape index (κ1) is 29.6. The number of imide groups is 2. The van der Waals surface area contributed by atoms with Crippen LogP contribution in [0.25, 0.3) is 43.1 Å². The number of benzene rings is 7. The molecule has 4 amide bonds. The van der Waals surface area contributed by atoms with Crippen molar-refractivity contribution in [3.05, 3.63) is 124 Å². The third kappa shape index (κ3) is 4.13. The molecule has 0 atom stereocenters. The van der Waals surface area contributed by atoms with Gasteiger partial charge in [0.25, 0.3) is 23.6 Å². The summed E-state index contributed by atoms with van der Waals surface area (Å²) in [6.45, 7) is 0.326. The number of fused-ring (bicyclic) bond motifs is 2. The molecule has 2 aliphatic rings. The van der Waals surface area contributed by atoms with Crippen LogP contribution in [-0.2, 0) is 12.8 Å². The molecule has 50 heavy (non-hydrogen) atoms. The second kappa shape index (κ2) is 10.8. The molecule has 7 aromatic carbocycles. The molecule has 9 rings (SSSR count). The highest BCUT2D eigenvalue weighted by atomic mass is 16.5. The molecule has 2 heterocycles. The molecule has 2 aliphatic heterocycles. The van der Waals surface area contributed by atoms with E-state index in [0.29, 0.717) is 51.6 Å². The zero-order valence-corrected chi connectivity index (χ0v) is 26.8. The number of hydrogen-bond acceptors (Lipinski definition) is 7. The molecule has 0 fully saturated rings. The SMILES string of the molecule is COc1cc(O)ccc1CCN1C(=O)c2ccc3c4ccc5c6c(ccc(c7ccc(c2c37)C1=O)c64)C(=O)N(CCc1ccc(O)cc1)C5=O. The van der Waals surface area contributed by atoms with Crippen LogP contribution in [0.15, 0.2) is 91.0 Å². The maximum absolute atomic E-state index is 13.9. The summed E-state index contributed by atoms with van der Waals surface area (Å²) in [5, 5.41) is 25.6. The lowest BCUT2D eigenvalue weighted by atomic mass is 9.82. The predicted molar refractivity (Wildman–Crippen MR) is 189 cm³/mol. The van der Waals surface area contributed by atoms with Gasteiger partial charge < -0.3 is 14.9 Å². The van der Waals surface area contributed by atoms with E-state index in [9.17, 15) is 29.4 Å². The van der Waals surface area contributed by atoms with Crippen LogP contribution in [0.1, 0.15) is 52.6 Å². The average molecular weight is 661 g/mol. The van der Waals surface area contributed by atoms with Crippen LogP contribution in [0.5, 0.6) is 17.2 Å². The second-order valence-corrected chi connectivity index (χ2v) is 12.8. The van der Waals surface area contributed by atoms with E-state index in [1.165, 1.54) is 23.0 Å².